The third-order valence-corrected chi connectivity index (χ3v) is 4.97. The fourth-order valence-electron chi connectivity index (χ4n) is 2.90. The molecule has 3 heterocycles. The molecule has 4 rings (SSSR count). The second-order valence-corrected chi connectivity index (χ2v) is 6.84. The summed E-state index contributed by atoms with van der Waals surface area (Å²) in [5.41, 5.74) is 2.25. The lowest BCUT2D eigenvalue weighted by Gasteiger charge is -2.33. The number of hydrogen-bond acceptors (Lipinski definition) is 6. The second kappa shape index (κ2) is 5.91. The van der Waals surface area contributed by atoms with Gasteiger partial charge in [0.25, 0.3) is 0 Å². The molecule has 0 aliphatic carbocycles. The summed E-state index contributed by atoms with van der Waals surface area (Å²) in [5.74, 6) is 1.49. The monoisotopic (exact) mass is 365 g/mol. The number of anilines is 2. The number of amidine groups is 1. The van der Waals surface area contributed by atoms with E-state index in [0.29, 0.717) is 15.9 Å². The largest absolute Gasteiger partial charge is 0.352 e. The Kier molecular flexibility index (Phi) is 3.86. The number of aryl methyl sites for hydroxylation is 1. The van der Waals surface area contributed by atoms with Crippen molar-refractivity contribution in [3.8, 4) is 0 Å². The van der Waals surface area contributed by atoms with Crippen LogP contribution in [0.3, 0.4) is 0 Å². The number of halogens is 2. The van der Waals surface area contributed by atoms with Gasteiger partial charge in [0, 0.05) is 33.2 Å². The summed E-state index contributed by atoms with van der Waals surface area (Å²) in [5, 5.41) is 13.2. The third kappa shape index (κ3) is 2.72. The molecule has 1 N–H and O–H groups in total. The number of nitrogens with one attached hydrogen (secondary N) is 1. The number of benzene rings is 1. The normalized spacial score (nSPS) is 17.7. The van der Waals surface area contributed by atoms with Crippen LogP contribution < -0.4 is 5.32 Å². The van der Waals surface area contributed by atoms with Crippen molar-refractivity contribution in [3.63, 3.8) is 0 Å². The van der Waals surface area contributed by atoms with Gasteiger partial charge in [-0.15, -0.1) is 10.2 Å². The highest BCUT2D eigenvalue weighted by atomic mass is 35.5. The molecule has 2 aliphatic heterocycles. The summed E-state index contributed by atoms with van der Waals surface area (Å²) in [7, 11) is 3.92. The molecular weight excluding hydrogens is 349 g/mol. The first-order valence-corrected chi connectivity index (χ1v) is 8.47. The van der Waals surface area contributed by atoms with Gasteiger partial charge in [-0.3, -0.25) is 0 Å². The van der Waals surface area contributed by atoms with Crippen molar-refractivity contribution in [3.05, 3.63) is 27.9 Å². The zero-order chi connectivity index (χ0) is 16.8. The number of aromatic nitrogens is 3. The summed E-state index contributed by atoms with van der Waals surface area (Å²) in [4.78, 5) is 10.9. The van der Waals surface area contributed by atoms with Gasteiger partial charge < -0.3 is 15.1 Å². The Morgan fingerprint density at radius 1 is 1.00 bits per heavy atom. The molecule has 1 aromatic heterocycles. The van der Waals surface area contributed by atoms with E-state index >= 15 is 0 Å². The van der Waals surface area contributed by atoms with Crippen LogP contribution in [0.5, 0.6) is 0 Å². The smallest absolute Gasteiger partial charge is 0.184 e. The van der Waals surface area contributed by atoms with Crippen molar-refractivity contribution in [2.75, 3.05) is 38.5 Å². The van der Waals surface area contributed by atoms with E-state index in [9.17, 15) is 0 Å². The van der Waals surface area contributed by atoms with E-state index in [1.165, 1.54) is 0 Å². The molecule has 0 unspecified atom stereocenters. The van der Waals surface area contributed by atoms with Crippen molar-refractivity contribution in [2.45, 2.75) is 0 Å². The quantitative estimate of drug-likeness (QED) is 0.776. The maximum Gasteiger partial charge on any atom is 0.184 e. The molecule has 9 heteroatoms. The van der Waals surface area contributed by atoms with E-state index < -0.39 is 0 Å². The molecule has 2 aliphatic rings. The second-order valence-electron chi connectivity index (χ2n) is 6.02. The van der Waals surface area contributed by atoms with Gasteiger partial charge >= 0.3 is 0 Å². The highest BCUT2D eigenvalue weighted by Gasteiger charge is 2.27. The molecule has 24 heavy (non-hydrogen) atoms. The minimum absolute atomic E-state index is 0.478. The number of aliphatic imine (C=N–C) groups is 1. The SMILES string of the molecule is CN1CCN(C2=Nc3cc(Cl)c(Cl)cc3Nc3nn(C)nc32)CC1. The fraction of sp³-hybridized carbons (Fsp3) is 0.400. The third-order valence-electron chi connectivity index (χ3n) is 4.25. The van der Waals surface area contributed by atoms with E-state index in [0.717, 1.165) is 49.1 Å². The van der Waals surface area contributed by atoms with Gasteiger partial charge in [-0.1, -0.05) is 23.2 Å². The molecule has 0 spiro atoms. The Bertz CT molecular complexity index is 821. The molecule has 0 bridgehead atoms. The summed E-state index contributed by atoms with van der Waals surface area (Å²) in [6, 6.07) is 3.54. The first-order chi connectivity index (χ1) is 11.5. The van der Waals surface area contributed by atoms with Crippen LogP contribution in [0.25, 0.3) is 0 Å². The first-order valence-electron chi connectivity index (χ1n) is 7.71. The highest BCUT2D eigenvalue weighted by molar-refractivity contribution is 6.42. The average Bonchev–Trinajstić information content (AvgIpc) is 2.84. The molecule has 7 nitrogen and oxygen atoms in total. The highest BCUT2D eigenvalue weighted by Crippen LogP contribution is 2.38. The van der Waals surface area contributed by atoms with Gasteiger partial charge in [0.1, 0.15) is 0 Å². The number of rotatable bonds is 0. The van der Waals surface area contributed by atoms with E-state index in [2.05, 4.69) is 32.4 Å². The minimum atomic E-state index is 0.478. The minimum Gasteiger partial charge on any atom is -0.352 e. The van der Waals surface area contributed by atoms with Crippen molar-refractivity contribution in [1.82, 2.24) is 24.8 Å². The van der Waals surface area contributed by atoms with Gasteiger partial charge in [-0.2, -0.15) is 4.80 Å². The summed E-state index contributed by atoms with van der Waals surface area (Å²) < 4.78 is 0. The molecule has 126 valence electrons. The Balaban J connectivity index is 1.84. The van der Waals surface area contributed by atoms with Crippen LogP contribution in [-0.4, -0.2) is 63.9 Å². The first kappa shape index (κ1) is 15.7. The number of likely N-dealkylation sites (N-methyl/N-ethyl adjacent to an activating group) is 1. The van der Waals surface area contributed by atoms with Crippen LogP contribution in [0.2, 0.25) is 10.0 Å². The molecule has 2 aromatic rings. The number of piperazine rings is 1. The lowest BCUT2D eigenvalue weighted by Crippen LogP contribution is -2.47. The van der Waals surface area contributed by atoms with Gasteiger partial charge in [0.15, 0.2) is 17.3 Å². The van der Waals surface area contributed by atoms with E-state index in [1.54, 1.807) is 24.0 Å². The molecule has 1 fully saturated rings. The number of hydrogen-bond donors (Lipinski definition) is 1. The molecule has 0 radical (unpaired) electrons. The average molecular weight is 366 g/mol. The van der Waals surface area contributed by atoms with Crippen LogP contribution in [-0.2, 0) is 7.05 Å². The summed E-state index contributed by atoms with van der Waals surface area (Å²) in [6.45, 7) is 3.75. The molecule has 0 saturated carbocycles. The molecule has 0 amide bonds. The predicted octanol–water partition coefficient (Wildman–Crippen LogP) is 2.50. The number of nitrogens with zero attached hydrogens (tertiary/aromatic N) is 6. The van der Waals surface area contributed by atoms with Gasteiger partial charge in [0.05, 0.1) is 21.4 Å². The van der Waals surface area contributed by atoms with E-state index in [1.807, 2.05) is 0 Å². The van der Waals surface area contributed by atoms with Gasteiger partial charge in [-0.05, 0) is 19.2 Å². The zero-order valence-corrected chi connectivity index (χ0v) is 14.9. The molecule has 1 saturated heterocycles. The zero-order valence-electron chi connectivity index (χ0n) is 13.4. The maximum absolute atomic E-state index is 6.18. The van der Waals surface area contributed by atoms with Crippen LogP contribution in [0.4, 0.5) is 17.2 Å². The molecule has 1 aromatic carbocycles. The summed E-state index contributed by atoms with van der Waals surface area (Å²) in [6.07, 6.45) is 0. The van der Waals surface area contributed by atoms with Crippen LogP contribution in [0, 0.1) is 0 Å². The van der Waals surface area contributed by atoms with Crippen molar-refractivity contribution >= 4 is 46.2 Å². The standard InChI is InChI=1S/C15H17Cl2N7/c1-22-3-5-24(6-4-22)15-13-14(21-23(2)20-13)18-11-7-9(16)10(17)8-12(11)19-15/h7-8H,3-6H2,1-2H3,(H,18,21). The van der Waals surface area contributed by atoms with Crippen molar-refractivity contribution in [1.29, 1.82) is 0 Å². The Labute approximate surface area is 149 Å². The summed E-state index contributed by atoms with van der Waals surface area (Å²) >= 11 is 12.3. The van der Waals surface area contributed by atoms with E-state index in [4.69, 9.17) is 28.2 Å². The lowest BCUT2D eigenvalue weighted by atomic mass is 10.2. The Morgan fingerprint density at radius 3 is 2.46 bits per heavy atom. The van der Waals surface area contributed by atoms with Crippen molar-refractivity contribution in [2.24, 2.45) is 12.0 Å². The van der Waals surface area contributed by atoms with Crippen LogP contribution in [0.1, 0.15) is 5.69 Å². The van der Waals surface area contributed by atoms with Gasteiger partial charge in [0.2, 0.25) is 0 Å². The maximum atomic E-state index is 6.18. The van der Waals surface area contributed by atoms with Gasteiger partial charge in [-0.25, -0.2) is 4.99 Å². The lowest BCUT2D eigenvalue weighted by molar-refractivity contribution is 0.215. The molecule has 0 atom stereocenters. The predicted molar refractivity (Wildman–Crippen MR) is 96.0 cm³/mol. The fourth-order valence-corrected chi connectivity index (χ4v) is 3.23. The van der Waals surface area contributed by atoms with Crippen molar-refractivity contribution < 1.29 is 0 Å². The topological polar surface area (TPSA) is 61.6 Å². The van der Waals surface area contributed by atoms with Crippen LogP contribution in [0.15, 0.2) is 17.1 Å². The Hall–Kier alpha value is -1.83. The Morgan fingerprint density at radius 2 is 1.71 bits per heavy atom. The van der Waals surface area contributed by atoms with E-state index in [-0.39, 0.29) is 0 Å². The number of fused-ring (bicyclic) bond motifs is 2. The molecular formula is C15H17Cl2N7. The van der Waals surface area contributed by atoms with Crippen LogP contribution >= 0.6 is 23.2 Å².